The third kappa shape index (κ3) is 2.91. The zero-order valence-electron chi connectivity index (χ0n) is 11.7. The summed E-state index contributed by atoms with van der Waals surface area (Å²) < 4.78 is 15.3. The van der Waals surface area contributed by atoms with Crippen LogP contribution in [-0.2, 0) is 14.3 Å². The van der Waals surface area contributed by atoms with Crippen molar-refractivity contribution in [1.82, 2.24) is 0 Å². The van der Waals surface area contributed by atoms with Crippen LogP contribution in [0.15, 0.2) is 53.5 Å². The summed E-state index contributed by atoms with van der Waals surface area (Å²) in [7, 11) is 4.56. The molecule has 0 bridgehead atoms. The van der Waals surface area contributed by atoms with Crippen molar-refractivity contribution >= 4 is 11.9 Å². The molecule has 4 heteroatoms. The molecular weight excluding hydrogens is 256 g/mol. The highest BCUT2D eigenvalue weighted by atomic mass is 16.5. The van der Waals surface area contributed by atoms with Crippen LogP contribution in [-0.4, -0.2) is 27.1 Å². The van der Waals surface area contributed by atoms with E-state index in [2.05, 4.69) is 0 Å². The summed E-state index contributed by atoms with van der Waals surface area (Å²) in [6.07, 6.45) is 5.31. The maximum atomic E-state index is 11.8. The summed E-state index contributed by atoms with van der Waals surface area (Å²) in [4.78, 5) is 11.8. The molecule has 0 heterocycles. The van der Waals surface area contributed by atoms with Gasteiger partial charge >= 0.3 is 0 Å². The Morgan fingerprint density at radius 2 is 1.40 bits per heavy atom. The van der Waals surface area contributed by atoms with Crippen LogP contribution in [0.3, 0.4) is 0 Å². The molecule has 2 rings (SSSR count). The minimum atomic E-state index is -0.248. The van der Waals surface area contributed by atoms with E-state index in [4.69, 9.17) is 14.2 Å². The number of hydrogen-bond acceptors (Lipinski definition) is 4. The van der Waals surface area contributed by atoms with Gasteiger partial charge in [-0.05, 0) is 41.5 Å². The monoisotopic (exact) mass is 272 g/mol. The van der Waals surface area contributed by atoms with Crippen molar-refractivity contribution in [2.45, 2.75) is 0 Å². The lowest BCUT2D eigenvalue weighted by Gasteiger charge is -2.13. The Balaban J connectivity index is 2.34. The van der Waals surface area contributed by atoms with E-state index in [0.29, 0.717) is 0 Å². The number of hydrogen-bond donors (Lipinski definition) is 0. The second-order valence-electron chi connectivity index (χ2n) is 4.17. The van der Waals surface area contributed by atoms with Crippen molar-refractivity contribution in [1.29, 1.82) is 0 Å². The van der Waals surface area contributed by atoms with Crippen LogP contribution in [0, 0.1) is 0 Å². The highest BCUT2D eigenvalue weighted by molar-refractivity contribution is 6.07. The van der Waals surface area contributed by atoms with Crippen molar-refractivity contribution in [2.75, 3.05) is 21.3 Å². The molecule has 0 radical (unpaired) electrons. The fourth-order valence-corrected chi connectivity index (χ4v) is 1.88. The second kappa shape index (κ2) is 6.10. The van der Waals surface area contributed by atoms with Gasteiger partial charge in [-0.25, -0.2) is 0 Å². The predicted molar refractivity (Wildman–Crippen MR) is 76.2 cm³/mol. The molecule has 0 spiro atoms. The molecule has 20 heavy (non-hydrogen) atoms. The molecule has 0 atom stereocenters. The topological polar surface area (TPSA) is 44.8 Å². The number of carbonyl (C=O) groups excluding carboxylic acids is 1. The van der Waals surface area contributed by atoms with Gasteiger partial charge in [0.05, 0.1) is 21.3 Å². The summed E-state index contributed by atoms with van der Waals surface area (Å²) in [5.74, 6) is 1.09. The molecule has 0 saturated carbocycles. The summed E-state index contributed by atoms with van der Waals surface area (Å²) in [5, 5.41) is 0. The van der Waals surface area contributed by atoms with Crippen LogP contribution < -0.4 is 4.74 Å². The van der Waals surface area contributed by atoms with Crippen molar-refractivity contribution in [3.8, 4) is 5.75 Å². The van der Waals surface area contributed by atoms with Gasteiger partial charge in [-0.1, -0.05) is 12.1 Å². The van der Waals surface area contributed by atoms with Gasteiger partial charge in [0.15, 0.2) is 11.5 Å². The number of methoxy groups -OCH3 is 3. The highest BCUT2D eigenvalue weighted by Crippen LogP contribution is 2.22. The first-order valence-electron chi connectivity index (χ1n) is 6.09. The second-order valence-corrected chi connectivity index (χ2v) is 4.17. The Morgan fingerprint density at radius 1 is 0.850 bits per heavy atom. The third-order valence-electron chi connectivity index (χ3n) is 2.93. The molecule has 104 valence electrons. The van der Waals surface area contributed by atoms with E-state index in [1.54, 1.807) is 19.3 Å². The molecule has 0 N–H and O–H groups in total. The van der Waals surface area contributed by atoms with Crippen molar-refractivity contribution in [3.05, 3.63) is 59.1 Å². The summed E-state index contributed by atoms with van der Waals surface area (Å²) in [6.45, 7) is 0. The Morgan fingerprint density at radius 3 is 1.85 bits per heavy atom. The standard InChI is InChI=1S/C16H16O4/c1-18-13-6-4-11(5-7-13)8-12-9-14(19-2)16(17)15(10-12)20-3/h4-10H,1-3H3. The van der Waals surface area contributed by atoms with E-state index in [9.17, 15) is 4.79 Å². The molecule has 0 saturated heterocycles. The first kappa shape index (κ1) is 13.9. The molecule has 0 unspecified atom stereocenters. The number of Topliss-reactive ketones (excluding diaryl/α,β-unsaturated/α-hetero) is 1. The molecule has 4 nitrogen and oxygen atoms in total. The van der Waals surface area contributed by atoms with Gasteiger partial charge in [-0.2, -0.15) is 0 Å². The fourth-order valence-electron chi connectivity index (χ4n) is 1.88. The quantitative estimate of drug-likeness (QED) is 0.845. The minimum absolute atomic E-state index is 0.248. The SMILES string of the molecule is COC1=CC(=Cc2ccc(OC)cc2)C=C(OC)C1=O. The van der Waals surface area contributed by atoms with Gasteiger partial charge in [-0.15, -0.1) is 0 Å². The zero-order valence-corrected chi connectivity index (χ0v) is 11.7. The number of benzene rings is 1. The Labute approximate surface area is 118 Å². The fraction of sp³-hybridized carbons (Fsp3) is 0.188. The maximum absolute atomic E-state index is 11.8. The zero-order chi connectivity index (χ0) is 14.5. The Hall–Kier alpha value is -2.49. The molecule has 1 aromatic carbocycles. The van der Waals surface area contributed by atoms with Crippen molar-refractivity contribution in [3.63, 3.8) is 0 Å². The van der Waals surface area contributed by atoms with Crippen LogP contribution >= 0.6 is 0 Å². The number of ether oxygens (including phenoxy) is 3. The molecular formula is C16H16O4. The number of rotatable bonds is 4. The van der Waals surface area contributed by atoms with Crippen LogP contribution in [0.2, 0.25) is 0 Å². The normalized spacial score (nSPS) is 14.3. The van der Waals surface area contributed by atoms with Crippen molar-refractivity contribution < 1.29 is 19.0 Å². The van der Waals surface area contributed by atoms with Gasteiger partial charge in [-0.3, -0.25) is 4.79 Å². The third-order valence-corrected chi connectivity index (χ3v) is 2.93. The van der Waals surface area contributed by atoms with Crippen molar-refractivity contribution in [2.24, 2.45) is 0 Å². The largest absolute Gasteiger partial charge is 0.497 e. The van der Waals surface area contributed by atoms with E-state index in [-0.39, 0.29) is 17.3 Å². The number of ketones is 1. The average molecular weight is 272 g/mol. The van der Waals surface area contributed by atoms with E-state index >= 15 is 0 Å². The Kier molecular flexibility index (Phi) is 4.25. The maximum Gasteiger partial charge on any atom is 0.261 e. The van der Waals surface area contributed by atoms with Gasteiger partial charge in [0.1, 0.15) is 5.75 Å². The van der Waals surface area contributed by atoms with E-state index in [0.717, 1.165) is 16.9 Å². The van der Waals surface area contributed by atoms with Crippen LogP contribution in [0.25, 0.3) is 6.08 Å². The van der Waals surface area contributed by atoms with Gasteiger partial charge < -0.3 is 14.2 Å². The number of allylic oxidation sites excluding steroid dienone is 3. The van der Waals surface area contributed by atoms with Gasteiger partial charge in [0, 0.05) is 0 Å². The molecule has 0 aromatic heterocycles. The molecule has 1 aromatic rings. The summed E-state index contributed by atoms with van der Waals surface area (Å²) in [5.41, 5.74) is 1.83. The summed E-state index contributed by atoms with van der Waals surface area (Å²) in [6, 6.07) is 7.62. The lowest BCUT2D eigenvalue weighted by atomic mass is 10.0. The van der Waals surface area contributed by atoms with E-state index in [1.165, 1.54) is 14.2 Å². The molecule has 1 aliphatic rings. The van der Waals surface area contributed by atoms with E-state index in [1.807, 2.05) is 30.3 Å². The predicted octanol–water partition coefficient (Wildman–Crippen LogP) is 2.72. The van der Waals surface area contributed by atoms with Crippen LogP contribution in [0.4, 0.5) is 0 Å². The lowest BCUT2D eigenvalue weighted by molar-refractivity contribution is -0.117. The first-order valence-corrected chi connectivity index (χ1v) is 6.09. The first-order chi connectivity index (χ1) is 9.67. The lowest BCUT2D eigenvalue weighted by Crippen LogP contribution is -2.13. The smallest absolute Gasteiger partial charge is 0.261 e. The number of carbonyl (C=O) groups is 1. The Bertz CT molecular complexity index is 565. The minimum Gasteiger partial charge on any atom is -0.497 e. The molecule has 0 amide bonds. The van der Waals surface area contributed by atoms with Gasteiger partial charge in [0.25, 0.3) is 5.78 Å². The molecule has 1 aliphatic carbocycles. The van der Waals surface area contributed by atoms with E-state index < -0.39 is 0 Å². The van der Waals surface area contributed by atoms with Crippen LogP contribution in [0.1, 0.15) is 5.56 Å². The molecule has 0 fully saturated rings. The van der Waals surface area contributed by atoms with Gasteiger partial charge in [0.2, 0.25) is 0 Å². The van der Waals surface area contributed by atoms with Crippen LogP contribution in [0.5, 0.6) is 5.75 Å². The summed E-state index contributed by atoms with van der Waals surface area (Å²) >= 11 is 0. The average Bonchev–Trinajstić information content (AvgIpc) is 2.49. The molecule has 0 aliphatic heterocycles. The highest BCUT2D eigenvalue weighted by Gasteiger charge is 2.21.